The molecule has 1 fully saturated rings. The molecule has 196 valence electrons. The molecule has 0 saturated carbocycles. The fourth-order valence-corrected chi connectivity index (χ4v) is 4.99. The fourth-order valence-electron chi connectivity index (χ4n) is 4.99. The molecule has 1 aromatic heterocycles. The molecule has 2 atom stereocenters. The Morgan fingerprint density at radius 1 is 1.21 bits per heavy atom. The second kappa shape index (κ2) is 12.2. The Morgan fingerprint density at radius 2 is 2.00 bits per heavy atom. The Hall–Kier alpha value is -4.38. The van der Waals surface area contributed by atoms with Crippen molar-refractivity contribution in [3.8, 4) is 6.07 Å². The van der Waals surface area contributed by atoms with Crippen LogP contribution < -0.4 is 15.5 Å². The van der Waals surface area contributed by atoms with E-state index in [1.807, 2.05) is 49.4 Å². The van der Waals surface area contributed by atoms with Gasteiger partial charge in [-0.1, -0.05) is 25.1 Å². The summed E-state index contributed by atoms with van der Waals surface area (Å²) in [5, 5.41) is 25.1. The maximum absolute atomic E-state index is 13.1. The molecule has 1 aliphatic heterocycles. The summed E-state index contributed by atoms with van der Waals surface area (Å²) in [4.78, 5) is 31.7. The molecule has 1 aliphatic rings. The number of nitrogens with zero attached hydrogens (tertiary/aromatic N) is 3. The second-order valence-corrected chi connectivity index (χ2v) is 9.72. The lowest BCUT2D eigenvalue weighted by molar-refractivity contribution is -0.139. The minimum absolute atomic E-state index is 0.175. The summed E-state index contributed by atoms with van der Waals surface area (Å²) in [5.41, 5.74) is 4.25. The average Bonchev–Trinajstić information content (AvgIpc) is 3.41. The van der Waals surface area contributed by atoms with Gasteiger partial charge in [0.15, 0.2) is 0 Å². The van der Waals surface area contributed by atoms with Crippen molar-refractivity contribution in [3.05, 3.63) is 88.6 Å². The Kier molecular flexibility index (Phi) is 8.59. The van der Waals surface area contributed by atoms with Crippen LogP contribution in [0.2, 0.25) is 0 Å². The van der Waals surface area contributed by atoms with E-state index in [0.29, 0.717) is 29.0 Å². The summed E-state index contributed by atoms with van der Waals surface area (Å²) in [7, 11) is 0. The van der Waals surface area contributed by atoms with Crippen LogP contribution in [0.15, 0.2) is 60.8 Å². The zero-order valence-corrected chi connectivity index (χ0v) is 21.8. The number of anilines is 2. The lowest BCUT2D eigenvalue weighted by Gasteiger charge is -2.20. The van der Waals surface area contributed by atoms with Crippen molar-refractivity contribution >= 4 is 23.4 Å². The molecule has 0 aliphatic carbocycles. The van der Waals surface area contributed by atoms with Crippen LogP contribution in [0.5, 0.6) is 0 Å². The van der Waals surface area contributed by atoms with Crippen LogP contribution in [0.3, 0.4) is 0 Å². The molecule has 4 rings (SSSR count). The lowest BCUT2D eigenvalue weighted by atomic mass is 9.96. The molecule has 0 radical (unpaired) electrons. The highest BCUT2D eigenvalue weighted by molar-refractivity contribution is 5.99. The van der Waals surface area contributed by atoms with Gasteiger partial charge in [0.05, 0.1) is 11.6 Å². The number of carboxylic acid groups (broad SMARTS) is 1. The SMILES string of the molecule is CCc1cc(C#N)cc(C)c1C(=O)NC(Cc1ccc(N2CCC(CNc3ccccn3)C2)cc1)C(=O)O. The second-order valence-electron chi connectivity index (χ2n) is 9.72. The number of benzene rings is 2. The quantitative estimate of drug-likeness (QED) is 0.374. The Labute approximate surface area is 223 Å². The van der Waals surface area contributed by atoms with Crippen LogP contribution in [0, 0.1) is 24.2 Å². The first-order valence-electron chi connectivity index (χ1n) is 12.9. The van der Waals surface area contributed by atoms with Gasteiger partial charge in [-0.25, -0.2) is 9.78 Å². The molecule has 1 saturated heterocycles. The Balaban J connectivity index is 1.36. The van der Waals surface area contributed by atoms with E-state index in [9.17, 15) is 20.0 Å². The van der Waals surface area contributed by atoms with Crippen LogP contribution in [0.1, 0.15) is 46.0 Å². The van der Waals surface area contributed by atoms with Crippen LogP contribution in [0.25, 0.3) is 0 Å². The van der Waals surface area contributed by atoms with E-state index in [-0.39, 0.29) is 6.42 Å². The van der Waals surface area contributed by atoms with Gasteiger partial charge in [0.2, 0.25) is 0 Å². The molecule has 2 heterocycles. The van der Waals surface area contributed by atoms with Gasteiger partial charge in [-0.05, 0) is 78.8 Å². The molecular formula is C30H33N5O3. The molecule has 1 amide bonds. The number of aryl methyl sites for hydroxylation is 2. The van der Waals surface area contributed by atoms with Crippen molar-refractivity contribution in [1.82, 2.24) is 10.3 Å². The van der Waals surface area contributed by atoms with E-state index in [1.165, 1.54) is 0 Å². The normalized spacial score (nSPS) is 15.5. The molecule has 2 unspecified atom stereocenters. The first-order chi connectivity index (χ1) is 18.4. The van der Waals surface area contributed by atoms with Gasteiger partial charge in [-0.2, -0.15) is 5.26 Å². The number of nitrogens with one attached hydrogen (secondary N) is 2. The molecule has 0 spiro atoms. The number of carbonyl (C=O) groups is 2. The number of aliphatic carboxylic acids is 1. The Morgan fingerprint density at radius 3 is 2.66 bits per heavy atom. The number of nitriles is 1. The zero-order valence-electron chi connectivity index (χ0n) is 21.8. The summed E-state index contributed by atoms with van der Waals surface area (Å²) in [6.45, 7) is 6.44. The highest BCUT2D eigenvalue weighted by atomic mass is 16.4. The average molecular weight is 512 g/mol. The molecule has 38 heavy (non-hydrogen) atoms. The number of aromatic nitrogens is 1. The smallest absolute Gasteiger partial charge is 0.326 e. The largest absolute Gasteiger partial charge is 0.480 e. The topological polar surface area (TPSA) is 118 Å². The zero-order chi connectivity index (χ0) is 27.1. The number of rotatable bonds is 10. The van der Waals surface area contributed by atoms with Crippen molar-refractivity contribution in [2.75, 3.05) is 29.9 Å². The van der Waals surface area contributed by atoms with Gasteiger partial charge in [0, 0.05) is 43.5 Å². The number of hydrogen-bond donors (Lipinski definition) is 3. The minimum atomic E-state index is -1.09. The molecular weight excluding hydrogens is 478 g/mol. The number of carboxylic acids is 1. The number of carbonyl (C=O) groups excluding carboxylic acids is 1. The van der Waals surface area contributed by atoms with Gasteiger partial charge >= 0.3 is 5.97 Å². The molecule has 3 N–H and O–H groups in total. The van der Waals surface area contributed by atoms with Crippen LogP contribution >= 0.6 is 0 Å². The standard InChI is InChI=1S/C30H33N5O3/c1-3-24-15-23(17-31)14-20(2)28(24)29(36)34-26(30(37)38)16-21-7-9-25(10-8-21)35-13-11-22(19-35)18-33-27-6-4-5-12-32-27/h4-10,12,14-15,22,26H,3,11,13,16,18-19H2,1-2H3,(H,32,33)(H,34,36)(H,37,38). The molecule has 8 nitrogen and oxygen atoms in total. The van der Waals surface area contributed by atoms with Gasteiger partial charge in [-0.3, -0.25) is 4.79 Å². The summed E-state index contributed by atoms with van der Waals surface area (Å²) in [5.74, 6) is -0.123. The van der Waals surface area contributed by atoms with Gasteiger partial charge in [0.25, 0.3) is 5.91 Å². The lowest BCUT2D eigenvalue weighted by Crippen LogP contribution is -2.42. The number of hydrogen-bond acceptors (Lipinski definition) is 6. The molecule has 8 heteroatoms. The predicted octanol–water partition coefficient (Wildman–Crippen LogP) is 4.19. The van der Waals surface area contributed by atoms with Crippen LogP contribution in [0.4, 0.5) is 11.5 Å². The van der Waals surface area contributed by atoms with Crippen LogP contribution in [-0.2, 0) is 17.6 Å². The minimum Gasteiger partial charge on any atom is -0.480 e. The monoisotopic (exact) mass is 511 g/mol. The van der Waals surface area contributed by atoms with Crippen molar-refractivity contribution in [2.24, 2.45) is 5.92 Å². The summed E-state index contributed by atoms with van der Waals surface area (Å²) < 4.78 is 0. The van der Waals surface area contributed by atoms with Crippen molar-refractivity contribution in [3.63, 3.8) is 0 Å². The van der Waals surface area contributed by atoms with E-state index < -0.39 is 17.9 Å². The first-order valence-corrected chi connectivity index (χ1v) is 12.9. The summed E-state index contributed by atoms with van der Waals surface area (Å²) in [6.07, 6.45) is 3.61. The highest BCUT2D eigenvalue weighted by Crippen LogP contribution is 2.25. The summed E-state index contributed by atoms with van der Waals surface area (Å²) >= 11 is 0. The number of pyridine rings is 1. The van der Waals surface area contributed by atoms with Crippen molar-refractivity contribution < 1.29 is 14.7 Å². The predicted molar refractivity (Wildman–Crippen MR) is 147 cm³/mol. The van der Waals surface area contributed by atoms with E-state index in [1.54, 1.807) is 25.3 Å². The van der Waals surface area contributed by atoms with Gasteiger partial charge in [-0.15, -0.1) is 0 Å². The van der Waals surface area contributed by atoms with Gasteiger partial charge in [0.1, 0.15) is 11.9 Å². The van der Waals surface area contributed by atoms with E-state index in [2.05, 4.69) is 26.6 Å². The molecule has 0 bridgehead atoms. The third kappa shape index (κ3) is 6.48. The van der Waals surface area contributed by atoms with Crippen molar-refractivity contribution in [2.45, 2.75) is 39.2 Å². The fraction of sp³-hybridized carbons (Fsp3) is 0.333. The Bertz CT molecular complexity index is 1320. The molecule has 3 aromatic rings. The summed E-state index contributed by atoms with van der Waals surface area (Å²) in [6, 6.07) is 18.1. The van der Waals surface area contributed by atoms with Crippen LogP contribution in [-0.4, -0.2) is 47.6 Å². The van der Waals surface area contributed by atoms with E-state index >= 15 is 0 Å². The first kappa shape index (κ1) is 26.7. The number of amides is 1. The highest BCUT2D eigenvalue weighted by Gasteiger charge is 2.25. The maximum Gasteiger partial charge on any atom is 0.326 e. The molecule has 2 aromatic carbocycles. The van der Waals surface area contributed by atoms with E-state index in [0.717, 1.165) is 48.7 Å². The van der Waals surface area contributed by atoms with E-state index in [4.69, 9.17) is 0 Å². The van der Waals surface area contributed by atoms with Crippen molar-refractivity contribution in [1.29, 1.82) is 5.26 Å². The third-order valence-electron chi connectivity index (χ3n) is 7.02. The maximum atomic E-state index is 13.1. The third-order valence-corrected chi connectivity index (χ3v) is 7.02. The van der Waals surface area contributed by atoms with Gasteiger partial charge < -0.3 is 20.6 Å².